The van der Waals surface area contributed by atoms with E-state index in [9.17, 15) is 20.1 Å². The standard InChI is InChI=1S/C16H17N7O5/c17-15-19-12-9(13(27)20-15)18-16(22-21-7-4-2-1-3-5-7)23(12)14-11(26)10(25)8(6-24)28-14/h1-5,8,10-11,14,24-26H,6H2,(H3,17,19,20,27)/b22-21+/t8-,10-,11-,14-/m1/s1. The molecular formula is C16H17N7O5. The van der Waals surface area contributed by atoms with Crippen LogP contribution in [0.2, 0.25) is 0 Å². The van der Waals surface area contributed by atoms with Crippen LogP contribution in [0.15, 0.2) is 45.4 Å². The Morgan fingerprint density at radius 3 is 2.61 bits per heavy atom. The Morgan fingerprint density at radius 2 is 1.93 bits per heavy atom. The number of hydrogen-bond donors (Lipinski definition) is 5. The molecule has 0 unspecified atom stereocenters. The van der Waals surface area contributed by atoms with Crippen LogP contribution in [-0.2, 0) is 4.74 Å². The van der Waals surface area contributed by atoms with Gasteiger partial charge in [-0.3, -0.25) is 14.3 Å². The lowest BCUT2D eigenvalue weighted by Gasteiger charge is -2.17. The van der Waals surface area contributed by atoms with Crippen molar-refractivity contribution >= 4 is 28.7 Å². The molecule has 1 aliphatic heterocycles. The van der Waals surface area contributed by atoms with Crippen molar-refractivity contribution in [2.24, 2.45) is 10.2 Å². The molecule has 0 bridgehead atoms. The average Bonchev–Trinajstić information content (AvgIpc) is 3.18. The average molecular weight is 387 g/mol. The van der Waals surface area contributed by atoms with Crippen molar-refractivity contribution in [2.75, 3.05) is 12.3 Å². The molecule has 12 heteroatoms. The van der Waals surface area contributed by atoms with E-state index in [1.54, 1.807) is 24.3 Å². The lowest BCUT2D eigenvalue weighted by Crippen LogP contribution is -2.33. The maximum absolute atomic E-state index is 12.2. The molecule has 0 spiro atoms. The topological polar surface area (TPSA) is 184 Å². The fourth-order valence-corrected chi connectivity index (χ4v) is 2.98. The Hall–Kier alpha value is -3.19. The van der Waals surface area contributed by atoms with Gasteiger partial charge < -0.3 is 25.8 Å². The summed E-state index contributed by atoms with van der Waals surface area (Å²) in [5, 5.41) is 37.9. The molecule has 28 heavy (non-hydrogen) atoms. The molecule has 4 rings (SSSR count). The summed E-state index contributed by atoms with van der Waals surface area (Å²) in [6.07, 6.45) is -5.03. The fourth-order valence-electron chi connectivity index (χ4n) is 2.98. The van der Waals surface area contributed by atoms with Gasteiger partial charge in [0.05, 0.1) is 12.3 Å². The van der Waals surface area contributed by atoms with E-state index in [1.807, 2.05) is 6.07 Å². The molecule has 1 saturated heterocycles. The molecule has 0 radical (unpaired) electrons. The van der Waals surface area contributed by atoms with Crippen LogP contribution < -0.4 is 11.3 Å². The molecule has 1 aliphatic rings. The SMILES string of the molecule is Nc1nc2c(nc(/N=N/c3ccccc3)n2[C@@H]2O[C@H](CO)[C@@H](O)[C@H]2O)c(=O)[nH]1. The fraction of sp³-hybridized carbons (Fsp3) is 0.312. The molecule has 2 aromatic heterocycles. The number of fused-ring (bicyclic) bond motifs is 1. The Kier molecular flexibility index (Phi) is 4.60. The summed E-state index contributed by atoms with van der Waals surface area (Å²) in [7, 11) is 0. The van der Waals surface area contributed by atoms with Gasteiger partial charge in [-0.15, -0.1) is 10.2 Å². The van der Waals surface area contributed by atoms with Crippen molar-refractivity contribution in [3.63, 3.8) is 0 Å². The number of imidazole rings is 1. The molecule has 3 aromatic rings. The van der Waals surface area contributed by atoms with Crippen molar-refractivity contribution in [2.45, 2.75) is 24.5 Å². The van der Waals surface area contributed by atoms with E-state index in [1.165, 1.54) is 4.57 Å². The first-order valence-electron chi connectivity index (χ1n) is 8.36. The van der Waals surface area contributed by atoms with Crippen molar-refractivity contribution in [3.05, 3.63) is 40.7 Å². The van der Waals surface area contributed by atoms with Crippen molar-refractivity contribution in [1.82, 2.24) is 19.5 Å². The lowest BCUT2D eigenvalue weighted by atomic mass is 10.1. The van der Waals surface area contributed by atoms with E-state index in [4.69, 9.17) is 10.5 Å². The predicted octanol–water partition coefficient (Wildman–Crippen LogP) is -0.271. The van der Waals surface area contributed by atoms with E-state index in [2.05, 4.69) is 25.2 Å². The first-order chi connectivity index (χ1) is 13.5. The van der Waals surface area contributed by atoms with E-state index in [0.29, 0.717) is 5.69 Å². The molecule has 146 valence electrons. The highest BCUT2D eigenvalue weighted by atomic mass is 16.6. The molecule has 1 fully saturated rings. The van der Waals surface area contributed by atoms with Gasteiger partial charge in [-0.25, -0.2) is 4.98 Å². The maximum atomic E-state index is 12.2. The van der Waals surface area contributed by atoms with Crippen LogP contribution in [0.3, 0.4) is 0 Å². The number of nitrogens with one attached hydrogen (secondary N) is 1. The second-order valence-electron chi connectivity index (χ2n) is 6.17. The summed E-state index contributed by atoms with van der Waals surface area (Å²) < 4.78 is 6.76. The zero-order valence-corrected chi connectivity index (χ0v) is 14.4. The second-order valence-corrected chi connectivity index (χ2v) is 6.17. The third-order valence-corrected chi connectivity index (χ3v) is 4.33. The number of hydrogen-bond acceptors (Lipinski definition) is 10. The van der Waals surface area contributed by atoms with E-state index >= 15 is 0 Å². The summed E-state index contributed by atoms with van der Waals surface area (Å²) in [6.45, 7) is -0.516. The number of nitrogen functional groups attached to an aromatic ring is 1. The third kappa shape index (κ3) is 3.03. The monoisotopic (exact) mass is 387 g/mol. The Bertz CT molecular complexity index is 1080. The van der Waals surface area contributed by atoms with Gasteiger partial charge in [0, 0.05) is 0 Å². The number of aliphatic hydroxyl groups excluding tert-OH is 3. The summed E-state index contributed by atoms with van der Waals surface area (Å²) >= 11 is 0. The normalized spacial score (nSPS) is 25.1. The van der Waals surface area contributed by atoms with E-state index < -0.39 is 36.7 Å². The summed E-state index contributed by atoms with van der Waals surface area (Å²) in [5.74, 6) is -0.255. The van der Waals surface area contributed by atoms with Crippen LogP contribution in [0, 0.1) is 0 Å². The predicted molar refractivity (Wildman–Crippen MR) is 96.2 cm³/mol. The van der Waals surface area contributed by atoms with Crippen LogP contribution >= 0.6 is 0 Å². The number of nitrogens with two attached hydrogens (primary N) is 1. The van der Waals surface area contributed by atoms with Crippen LogP contribution in [0.5, 0.6) is 0 Å². The lowest BCUT2D eigenvalue weighted by molar-refractivity contribution is -0.0503. The Balaban J connectivity index is 1.87. The van der Waals surface area contributed by atoms with Gasteiger partial charge in [-0.1, -0.05) is 18.2 Å². The van der Waals surface area contributed by atoms with Gasteiger partial charge in [0.1, 0.15) is 18.3 Å². The quantitative estimate of drug-likeness (QED) is 0.379. The maximum Gasteiger partial charge on any atom is 0.280 e. The van der Waals surface area contributed by atoms with Gasteiger partial charge in [0.2, 0.25) is 5.95 Å². The number of benzene rings is 1. The molecular weight excluding hydrogens is 370 g/mol. The van der Waals surface area contributed by atoms with Crippen LogP contribution in [0.4, 0.5) is 17.6 Å². The van der Waals surface area contributed by atoms with E-state index in [0.717, 1.165) is 0 Å². The molecule has 4 atom stereocenters. The van der Waals surface area contributed by atoms with Gasteiger partial charge in [-0.05, 0) is 12.1 Å². The highest BCUT2D eigenvalue weighted by Gasteiger charge is 2.45. The van der Waals surface area contributed by atoms with Crippen LogP contribution in [-0.4, -0.2) is 59.8 Å². The molecule has 6 N–H and O–H groups in total. The number of H-pyrrole nitrogens is 1. The van der Waals surface area contributed by atoms with Crippen molar-refractivity contribution in [1.29, 1.82) is 0 Å². The molecule has 3 heterocycles. The zero-order chi connectivity index (χ0) is 19.8. The van der Waals surface area contributed by atoms with Gasteiger partial charge in [-0.2, -0.15) is 4.98 Å². The third-order valence-electron chi connectivity index (χ3n) is 4.33. The smallest absolute Gasteiger partial charge is 0.280 e. The number of ether oxygens (including phenoxy) is 1. The molecule has 1 aromatic carbocycles. The molecule has 0 amide bonds. The van der Waals surface area contributed by atoms with Crippen molar-refractivity contribution in [3.8, 4) is 0 Å². The van der Waals surface area contributed by atoms with E-state index in [-0.39, 0.29) is 23.1 Å². The number of aromatic nitrogens is 4. The molecule has 12 nitrogen and oxygen atoms in total. The van der Waals surface area contributed by atoms with Gasteiger partial charge in [0.25, 0.3) is 11.5 Å². The van der Waals surface area contributed by atoms with Gasteiger partial charge in [0.15, 0.2) is 17.4 Å². The Morgan fingerprint density at radius 1 is 1.18 bits per heavy atom. The number of anilines is 1. The number of aliphatic hydroxyl groups is 3. The minimum atomic E-state index is -1.43. The second kappa shape index (κ2) is 7.09. The summed E-state index contributed by atoms with van der Waals surface area (Å²) in [4.78, 5) is 22.7. The highest BCUT2D eigenvalue weighted by Crippen LogP contribution is 2.35. The number of rotatable bonds is 4. The molecule has 0 saturated carbocycles. The van der Waals surface area contributed by atoms with Gasteiger partial charge >= 0.3 is 0 Å². The first kappa shape index (κ1) is 18.2. The first-order valence-corrected chi connectivity index (χ1v) is 8.36. The number of aromatic amines is 1. The largest absolute Gasteiger partial charge is 0.394 e. The summed E-state index contributed by atoms with van der Waals surface area (Å²) in [6, 6.07) is 8.80. The minimum absolute atomic E-state index is 0.00176. The highest BCUT2D eigenvalue weighted by molar-refractivity contribution is 5.74. The number of azo groups is 1. The number of nitrogens with zero attached hydrogens (tertiary/aromatic N) is 5. The van der Waals surface area contributed by atoms with Crippen LogP contribution in [0.1, 0.15) is 6.23 Å². The van der Waals surface area contributed by atoms with Crippen LogP contribution in [0.25, 0.3) is 11.2 Å². The minimum Gasteiger partial charge on any atom is -0.394 e. The summed E-state index contributed by atoms with van der Waals surface area (Å²) in [5.41, 5.74) is 5.46. The zero-order valence-electron chi connectivity index (χ0n) is 14.4. The Labute approximate surface area is 157 Å². The molecule has 0 aliphatic carbocycles. The van der Waals surface area contributed by atoms with Crippen molar-refractivity contribution < 1.29 is 20.1 Å².